The van der Waals surface area contributed by atoms with Gasteiger partial charge in [-0.2, -0.15) is 0 Å². The van der Waals surface area contributed by atoms with E-state index in [9.17, 15) is 0 Å². The molecule has 1 radical (unpaired) electrons. The second-order valence-corrected chi connectivity index (χ2v) is 5.07. The predicted molar refractivity (Wildman–Crippen MR) is 84.7 cm³/mol. The Bertz CT molecular complexity index is 188. The monoisotopic (exact) mass is 249 g/mol. The molecule has 0 atom stereocenters. The summed E-state index contributed by atoms with van der Waals surface area (Å²) in [5, 5.41) is 0. The van der Waals surface area contributed by atoms with Gasteiger partial charge in [0.05, 0.1) is 0 Å². The van der Waals surface area contributed by atoms with E-state index in [1.54, 1.807) is 0 Å². The summed E-state index contributed by atoms with van der Waals surface area (Å²) in [6.45, 7) is 6.11. The fraction of sp³-hybridized carbons (Fsp3) is 0.722. The van der Waals surface area contributed by atoms with Crippen LogP contribution in [0, 0.1) is 6.92 Å². The van der Waals surface area contributed by atoms with Gasteiger partial charge in [-0.05, 0) is 38.5 Å². The number of allylic oxidation sites excluding steroid dienone is 4. The Morgan fingerprint density at radius 2 is 1.11 bits per heavy atom. The van der Waals surface area contributed by atoms with Gasteiger partial charge in [0.1, 0.15) is 0 Å². The molecule has 0 heterocycles. The highest BCUT2D eigenvalue weighted by molar-refractivity contribution is 4.88. The van der Waals surface area contributed by atoms with Gasteiger partial charge in [-0.15, -0.1) is 0 Å². The molecule has 0 nitrogen and oxygen atoms in total. The van der Waals surface area contributed by atoms with Crippen LogP contribution in [0.25, 0.3) is 0 Å². The Morgan fingerprint density at radius 3 is 1.72 bits per heavy atom. The molecule has 0 aromatic carbocycles. The van der Waals surface area contributed by atoms with E-state index in [0.717, 1.165) is 6.42 Å². The van der Waals surface area contributed by atoms with Gasteiger partial charge in [0.2, 0.25) is 0 Å². The Hall–Kier alpha value is -0.520. The van der Waals surface area contributed by atoms with Gasteiger partial charge < -0.3 is 0 Å². The molecule has 18 heavy (non-hydrogen) atoms. The van der Waals surface area contributed by atoms with Gasteiger partial charge in [0.25, 0.3) is 0 Å². The van der Waals surface area contributed by atoms with E-state index in [1.165, 1.54) is 70.6 Å². The molecule has 0 aliphatic heterocycles. The van der Waals surface area contributed by atoms with Crippen LogP contribution in [0.5, 0.6) is 0 Å². The SMILES string of the molecule is [CH2]CCC/C=C/CC/C=C/CCCCCCCC. The third kappa shape index (κ3) is 15.5. The summed E-state index contributed by atoms with van der Waals surface area (Å²) in [5.74, 6) is 0. The van der Waals surface area contributed by atoms with Crippen LogP contribution in [-0.2, 0) is 0 Å². The van der Waals surface area contributed by atoms with Gasteiger partial charge in [-0.3, -0.25) is 0 Å². The van der Waals surface area contributed by atoms with Crippen LogP contribution >= 0.6 is 0 Å². The van der Waals surface area contributed by atoms with E-state index < -0.39 is 0 Å². The first-order valence-corrected chi connectivity index (χ1v) is 8.01. The summed E-state index contributed by atoms with van der Waals surface area (Å²) in [7, 11) is 0. The maximum absolute atomic E-state index is 3.84. The molecule has 0 aromatic heterocycles. The molecule has 0 heteroatoms. The Kier molecular flexibility index (Phi) is 16.0. The Morgan fingerprint density at radius 1 is 0.611 bits per heavy atom. The zero-order chi connectivity index (χ0) is 13.3. The predicted octanol–water partition coefficient (Wildman–Crippen LogP) is 6.63. The van der Waals surface area contributed by atoms with Crippen LogP contribution in [-0.4, -0.2) is 0 Å². The fourth-order valence-electron chi connectivity index (χ4n) is 1.97. The second kappa shape index (κ2) is 16.5. The highest BCUT2D eigenvalue weighted by Crippen LogP contribution is 2.07. The molecule has 0 N–H and O–H groups in total. The third-order valence-corrected chi connectivity index (χ3v) is 3.18. The van der Waals surface area contributed by atoms with Crippen LogP contribution < -0.4 is 0 Å². The van der Waals surface area contributed by atoms with Crippen LogP contribution in [0.1, 0.15) is 84.0 Å². The van der Waals surface area contributed by atoms with Crippen LogP contribution in [0.15, 0.2) is 24.3 Å². The lowest BCUT2D eigenvalue weighted by molar-refractivity contribution is 0.611. The van der Waals surface area contributed by atoms with Crippen LogP contribution in [0.3, 0.4) is 0 Å². The molecular formula is C18H33. The summed E-state index contributed by atoms with van der Waals surface area (Å²) in [6, 6.07) is 0. The average Bonchev–Trinajstić information content (AvgIpc) is 2.39. The topological polar surface area (TPSA) is 0 Å². The first-order chi connectivity index (χ1) is 8.91. The van der Waals surface area contributed by atoms with E-state index in [-0.39, 0.29) is 0 Å². The quantitative estimate of drug-likeness (QED) is 0.254. The summed E-state index contributed by atoms with van der Waals surface area (Å²) in [6.07, 6.45) is 24.9. The van der Waals surface area contributed by atoms with Gasteiger partial charge in [-0.1, -0.05) is 76.7 Å². The lowest BCUT2D eigenvalue weighted by Crippen LogP contribution is -1.77. The summed E-state index contributed by atoms with van der Waals surface area (Å²) in [4.78, 5) is 0. The first-order valence-electron chi connectivity index (χ1n) is 8.01. The molecule has 0 aliphatic carbocycles. The average molecular weight is 249 g/mol. The molecule has 0 aliphatic rings. The number of hydrogen-bond acceptors (Lipinski definition) is 0. The van der Waals surface area contributed by atoms with Crippen molar-refractivity contribution < 1.29 is 0 Å². The summed E-state index contributed by atoms with van der Waals surface area (Å²) < 4.78 is 0. The van der Waals surface area contributed by atoms with Crippen LogP contribution in [0.2, 0.25) is 0 Å². The van der Waals surface area contributed by atoms with Crippen molar-refractivity contribution in [1.29, 1.82) is 0 Å². The van der Waals surface area contributed by atoms with Gasteiger partial charge in [0, 0.05) is 0 Å². The lowest BCUT2D eigenvalue weighted by atomic mass is 10.1. The smallest absolute Gasteiger partial charge is 0.0316 e. The van der Waals surface area contributed by atoms with Crippen molar-refractivity contribution in [3.63, 3.8) is 0 Å². The minimum absolute atomic E-state index is 1.06. The summed E-state index contributed by atoms with van der Waals surface area (Å²) in [5.41, 5.74) is 0. The van der Waals surface area contributed by atoms with Gasteiger partial charge in [-0.25, -0.2) is 0 Å². The molecule has 105 valence electrons. The largest absolute Gasteiger partial charge is 0.0885 e. The van der Waals surface area contributed by atoms with Crippen molar-refractivity contribution in [2.45, 2.75) is 84.0 Å². The van der Waals surface area contributed by atoms with Crippen molar-refractivity contribution in [1.82, 2.24) is 0 Å². The fourth-order valence-corrected chi connectivity index (χ4v) is 1.97. The van der Waals surface area contributed by atoms with Crippen molar-refractivity contribution in [2.75, 3.05) is 0 Å². The number of hydrogen-bond donors (Lipinski definition) is 0. The van der Waals surface area contributed by atoms with Crippen molar-refractivity contribution >= 4 is 0 Å². The zero-order valence-electron chi connectivity index (χ0n) is 12.5. The molecule has 0 aromatic rings. The molecular weight excluding hydrogens is 216 g/mol. The highest BCUT2D eigenvalue weighted by Gasteiger charge is 1.87. The van der Waals surface area contributed by atoms with E-state index in [1.807, 2.05) is 0 Å². The van der Waals surface area contributed by atoms with E-state index in [2.05, 4.69) is 38.2 Å². The van der Waals surface area contributed by atoms with Gasteiger partial charge in [0.15, 0.2) is 0 Å². The number of unbranched alkanes of at least 4 members (excludes halogenated alkanes) is 9. The van der Waals surface area contributed by atoms with Crippen LogP contribution in [0.4, 0.5) is 0 Å². The minimum atomic E-state index is 1.06. The van der Waals surface area contributed by atoms with E-state index in [0.29, 0.717) is 0 Å². The first kappa shape index (κ1) is 17.5. The lowest BCUT2D eigenvalue weighted by Gasteiger charge is -1.97. The van der Waals surface area contributed by atoms with Crippen molar-refractivity contribution in [2.24, 2.45) is 0 Å². The molecule has 0 bridgehead atoms. The standard InChI is InChI=1S/C18H33/c1-3-5-7-9-11-13-15-17-18-16-14-12-10-8-6-4-2/h9,11,17-18H,1,3-8,10,12-16H2,2H3/b11-9+,18-17+. The maximum Gasteiger partial charge on any atom is -0.0316 e. The van der Waals surface area contributed by atoms with E-state index >= 15 is 0 Å². The highest BCUT2D eigenvalue weighted by atomic mass is 13.9. The summed E-state index contributed by atoms with van der Waals surface area (Å²) >= 11 is 0. The van der Waals surface area contributed by atoms with Crippen molar-refractivity contribution in [3.8, 4) is 0 Å². The molecule has 0 saturated carbocycles. The van der Waals surface area contributed by atoms with Crippen molar-refractivity contribution in [3.05, 3.63) is 31.2 Å². The normalized spacial score (nSPS) is 11.9. The maximum atomic E-state index is 3.84. The van der Waals surface area contributed by atoms with Gasteiger partial charge >= 0.3 is 0 Å². The molecule has 0 rings (SSSR count). The zero-order valence-corrected chi connectivity index (χ0v) is 12.5. The molecule has 0 amide bonds. The second-order valence-electron chi connectivity index (χ2n) is 5.07. The molecule has 0 spiro atoms. The molecule has 0 fully saturated rings. The number of rotatable bonds is 13. The van der Waals surface area contributed by atoms with E-state index in [4.69, 9.17) is 0 Å². The Labute approximate surface area is 116 Å². The minimum Gasteiger partial charge on any atom is -0.0885 e. The third-order valence-electron chi connectivity index (χ3n) is 3.18. The Balaban J connectivity index is 3.11. The molecule has 0 unspecified atom stereocenters. The molecule has 0 saturated heterocycles.